The molecule has 0 amide bonds. The lowest BCUT2D eigenvalue weighted by molar-refractivity contribution is 0.222. The average Bonchev–Trinajstić information content (AvgIpc) is 2.04. The van der Waals surface area contributed by atoms with Gasteiger partial charge in [-0.15, -0.1) is 0 Å². The van der Waals surface area contributed by atoms with Crippen molar-refractivity contribution in [3.05, 3.63) is 29.8 Å². The van der Waals surface area contributed by atoms with Gasteiger partial charge >= 0.3 is 5.30 Å². The van der Waals surface area contributed by atoms with Gasteiger partial charge < -0.3 is 5.11 Å². The Bertz CT molecular complexity index is 290. The second kappa shape index (κ2) is 4.33. The number of carboxylic acid groups (broad SMARTS) is 1. The predicted molar refractivity (Wildman–Crippen MR) is 54.4 cm³/mol. The van der Waals surface area contributed by atoms with Crippen molar-refractivity contribution in [2.24, 2.45) is 0 Å². The molecular weight excluding hydrogens is 184 g/mol. The van der Waals surface area contributed by atoms with Crippen molar-refractivity contribution < 1.29 is 9.90 Å². The molecule has 0 aliphatic rings. The van der Waals surface area contributed by atoms with Gasteiger partial charge in [0.25, 0.3) is 0 Å². The molecule has 1 rings (SSSR count). The Morgan fingerprint density at radius 2 is 1.85 bits per heavy atom. The number of benzene rings is 1. The van der Waals surface area contributed by atoms with Crippen LogP contribution in [0.25, 0.3) is 0 Å². The molecule has 0 aromatic heterocycles. The summed E-state index contributed by atoms with van der Waals surface area (Å²) in [5, 5.41) is 7.64. The molecule has 0 unspecified atom stereocenters. The Morgan fingerprint density at radius 3 is 2.23 bits per heavy atom. The Labute approximate surface area is 82.0 Å². The van der Waals surface area contributed by atoms with Gasteiger partial charge in [-0.05, 0) is 35.4 Å². The van der Waals surface area contributed by atoms with Crippen LogP contribution in [0.2, 0.25) is 0 Å². The van der Waals surface area contributed by atoms with Gasteiger partial charge in [0, 0.05) is 4.90 Å². The number of rotatable bonds is 2. The van der Waals surface area contributed by atoms with Crippen molar-refractivity contribution in [2.45, 2.75) is 24.7 Å². The fourth-order valence-electron chi connectivity index (χ4n) is 1.02. The maximum absolute atomic E-state index is 10.4. The SMILES string of the molecule is CC(C)c1ccc(SC(=O)O)cc1. The van der Waals surface area contributed by atoms with Crippen LogP contribution in [0.1, 0.15) is 25.3 Å². The molecule has 0 aliphatic carbocycles. The summed E-state index contributed by atoms with van der Waals surface area (Å²) >= 11 is 0.836. The van der Waals surface area contributed by atoms with Crippen LogP contribution in [0.3, 0.4) is 0 Å². The normalized spacial score (nSPS) is 10.4. The first-order chi connectivity index (χ1) is 6.09. The van der Waals surface area contributed by atoms with Crippen LogP contribution in [0.5, 0.6) is 0 Å². The van der Waals surface area contributed by atoms with E-state index in [1.165, 1.54) is 5.56 Å². The van der Waals surface area contributed by atoms with E-state index >= 15 is 0 Å². The standard InChI is InChI=1S/C10H12O2S/c1-7(2)8-3-5-9(6-4-8)13-10(11)12/h3-7H,1-2H3,(H,11,12). The van der Waals surface area contributed by atoms with E-state index < -0.39 is 5.30 Å². The van der Waals surface area contributed by atoms with E-state index in [9.17, 15) is 4.79 Å². The fraction of sp³-hybridized carbons (Fsp3) is 0.300. The van der Waals surface area contributed by atoms with Crippen molar-refractivity contribution in [1.82, 2.24) is 0 Å². The van der Waals surface area contributed by atoms with Crippen LogP contribution in [-0.4, -0.2) is 10.4 Å². The van der Waals surface area contributed by atoms with Crippen LogP contribution in [0, 0.1) is 0 Å². The summed E-state index contributed by atoms with van der Waals surface area (Å²) in [7, 11) is 0. The van der Waals surface area contributed by atoms with Gasteiger partial charge in [0.2, 0.25) is 0 Å². The first-order valence-corrected chi connectivity index (χ1v) is 4.92. The van der Waals surface area contributed by atoms with Crippen LogP contribution in [-0.2, 0) is 0 Å². The minimum absolute atomic E-state index is 0.490. The van der Waals surface area contributed by atoms with Crippen LogP contribution in [0.15, 0.2) is 29.2 Å². The third-order valence-electron chi connectivity index (χ3n) is 1.75. The fourth-order valence-corrected chi connectivity index (χ4v) is 1.50. The summed E-state index contributed by atoms with van der Waals surface area (Å²) in [6.45, 7) is 4.22. The summed E-state index contributed by atoms with van der Waals surface area (Å²) in [5.74, 6) is 0.490. The second-order valence-electron chi connectivity index (χ2n) is 3.09. The van der Waals surface area contributed by atoms with Gasteiger partial charge in [0.05, 0.1) is 0 Å². The van der Waals surface area contributed by atoms with Crippen LogP contribution >= 0.6 is 11.8 Å². The number of hydrogen-bond acceptors (Lipinski definition) is 2. The molecule has 0 fully saturated rings. The molecule has 0 radical (unpaired) electrons. The van der Waals surface area contributed by atoms with Crippen molar-refractivity contribution >= 4 is 17.1 Å². The molecule has 13 heavy (non-hydrogen) atoms. The van der Waals surface area contributed by atoms with Crippen molar-refractivity contribution in [1.29, 1.82) is 0 Å². The Morgan fingerprint density at radius 1 is 1.31 bits per heavy atom. The summed E-state index contributed by atoms with van der Waals surface area (Å²) in [4.78, 5) is 11.1. The van der Waals surface area contributed by atoms with Gasteiger partial charge in [-0.1, -0.05) is 26.0 Å². The van der Waals surface area contributed by atoms with E-state index in [2.05, 4.69) is 13.8 Å². The zero-order chi connectivity index (χ0) is 9.84. The van der Waals surface area contributed by atoms with E-state index in [4.69, 9.17) is 5.11 Å². The monoisotopic (exact) mass is 196 g/mol. The molecule has 0 aliphatic heterocycles. The maximum Gasteiger partial charge on any atom is 0.369 e. The number of thioether (sulfide) groups is 1. The third-order valence-corrected chi connectivity index (χ3v) is 2.43. The van der Waals surface area contributed by atoms with E-state index in [1.54, 1.807) is 0 Å². The summed E-state index contributed by atoms with van der Waals surface area (Å²) in [6, 6.07) is 7.62. The van der Waals surface area contributed by atoms with Crippen molar-refractivity contribution in [3.63, 3.8) is 0 Å². The Balaban J connectivity index is 2.75. The van der Waals surface area contributed by atoms with Crippen LogP contribution < -0.4 is 0 Å². The molecule has 1 aromatic carbocycles. The maximum atomic E-state index is 10.4. The van der Waals surface area contributed by atoms with Crippen molar-refractivity contribution in [2.75, 3.05) is 0 Å². The highest BCUT2D eigenvalue weighted by atomic mass is 32.2. The zero-order valence-electron chi connectivity index (χ0n) is 7.65. The molecule has 0 spiro atoms. The zero-order valence-corrected chi connectivity index (χ0v) is 8.47. The largest absolute Gasteiger partial charge is 0.473 e. The molecule has 3 heteroatoms. The van der Waals surface area contributed by atoms with E-state index in [0.717, 1.165) is 16.7 Å². The Hall–Kier alpha value is -0.960. The predicted octanol–water partition coefficient (Wildman–Crippen LogP) is 3.58. The summed E-state index contributed by atoms with van der Waals surface area (Å²) in [5.41, 5.74) is 1.23. The van der Waals surface area contributed by atoms with Gasteiger partial charge in [-0.25, -0.2) is 4.79 Å². The highest BCUT2D eigenvalue weighted by Crippen LogP contribution is 2.21. The van der Waals surface area contributed by atoms with Crippen molar-refractivity contribution in [3.8, 4) is 0 Å². The minimum atomic E-state index is -0.864. The third kappa shape index (κ3) is 3.11. The quantitative estimate of drug-likeness (QED) is 0.734. The minimum Gasteiger partial charge on any atom is -0.473 e. The molecular formula is C10H12O2S. The van der Waals surface area contributed by atoms with Gasteiger partial charge in [0.1, 0.15) is 0 Å². The summed E-state index contributed by atoms with van der Waals surface area (Å²) < 4.78 is 0. The molecule has 2 nitrogen and oxygen atoms in total. The molecule has 1 N–H and O–H groups in total. The van der Waals surface area contributed by atoms with Gasteiger partial charge in [-0.2, -0.15) is 0 Å². The van der Waals surface area contributed by atoms with Gasteiger partial charge in [-0.3, -0.25) is 0 Å². The Kier molecular flexibility index (Phi) is 3.37. The number of hydrogen-bond donors (Lipinski definition) is 1. The lowest BCUT2D eigenvalue weighted by atomic mass is 10.0. The smallest absolute Gasteiger partial charge is 0.369 e. The molecule has 0 saturated carbocycles. The average molecular weight is 196 g/mol. The van der Waals surface area contributed by atoms with E-state index in [-0.39, 0.29) is 0 Å². The first kappa shape index (κ1) is 10.1. The van der Waals surface area contributed by atoms with E-state index in [1.807, 2.05) is 24.3 Å². The highest BCUT2D eigenvalue weighted by Gasteiger charge is 2.02. The molecule has 0 saturated heterocycles. The number of carbonyl (C=O) groups is 1. The molecule has 0 bridgehead atoms. The highest BCUT2D eigenvalue weighted by molar-refractivity contribution is 8.13. The van der Waals surface area contributed by atoms with Gasteiger partial charge in [0.15, 0.2) is 0 Å². The second-order valence-corrected chi connectivity index (χ2v) is 4.12. The molecule has 0 atom stereocenters. The lowest BCUT2D eigenvalue weighted by Gasteiger charge is -2.04. The molecule has 0 heterocycles. The molecule has 1 aromatic rings. The topological polar surface area (TPSA) is 37.3 Å². The first-order valence-electron chi connectivity index (χ1n) is 4.10. The summed E-state index contributed by atoms with van der Waals surface area (Å²) in [6.07, 6.45) is 0. The van der Waals surface area contributed by atoms with E-state index in [0.29, 0.717) is 5.92 Å². The lowest BCUT2D eigenvalue weighted by Crippen LogP contribution is -1.87. The molecule has 70 valence electrons. The van der Waals surface area contributed by atoms with Crippen LogP contribution in [0.4, 0.5) is 4.79 Å².